The molecular formula is C14H23ClN4O2. The first-order valence-corrected chi connectivity index (χ1v) is 7.68. The molecule has 118 valence electrons. The van der Waals surface area contributed by atoms with Gasteiger partial charge in [0.15, 0.2) is 5.82 Å². The number of piperazine rings is 1. The zero-order valence-electron chi connectivity index (χ0n) is 12.7. The van der Waals surface area contributed by atoms with Gasteiger partial charge >= 0.3 is 0 Å². The first-order chi connectivity index (χ1) is 10.1. The summed E-state index contributed by atoms with van der Waals surface area (Å²) in [6, 6.07) is 0. The summed E-state index contributed by atoms with van der Waals surface area (Å²) in [5.74, 6) is 1.26. The van der Waals surface area contributed by atoms with Gasteiger partial charge in [0.05, 0.1) is 6.54 Å². The van der Waals surface area contributed by atoms with E-state index in [0.29, 0.717) is 29.9 Å². The molecule has 0 aliphatic carbocycles. The number of halogens is 1. The molecule has 0 aromatic carbocycles. The van der Waals surface area contributed by atoms with Gasteiger partial charge in [-0.25, -0.2) is 0 Å². The highest BCUT2D eigenvalue weighted by Crippen LogP contribution is 2.14. The van der Waals surface area contributed by atoms with E-state index in [0.717, 1.165) is 32.7 Å². The molecule has 7 heteroatoms. The standard InChI is InChI=1S/C14H23ClN4O2/c1-4-20-12(3)14-16-13(21-17-14)10-19-7-5-18(6-8-19)9-11(2)15/h12H,2,4-10H2,1,3H3. The van der Waals surface area contributed by atoms with E-state index in [1.54, 1.807) is 0 Å². The number of hydrogen-bond acceptors (Lipinski definition) is 6. The van der Waals surface area contributed by atoms with E-state index >= 15 is 0 Å². The van der Waals surface area contributed by atoms with E-state index in [-0.39, 0.29) is 6.10 Å². The van der Waals surface area contributed by atoms with Gasteiger partial charge in [-0.2, -0.15) is 4.98 Å². The van der Waals surface area contributed by atoms with Crippen molar-refractivity contribution in [1.29, 1.82) is 0 Å². The molecule has 0 spiro atoms. The molecule has 21 heavy (non-hydrogen) atoms. The summed E-state index contributed by atoms with van der Waals surface area (Å²) in [5, 5.41) is 4.67. The van der Waals surface area contributed by atoms with Crippen LogP contribution in [0.5, 0.6) is 0 Å². The SMILES string of the molecule is C=C(Cl)CN1CCN(Cc2nc(C(C)OCC)no2)CC1. The Morgan fingerprint density at radius 3 is 2.67 bits per heavy atom. The number of nitrogens with zero attached hydrogens (tertiary/aromatic N) is 4. The zero-order valence-corrected chi connectivity index (χ0v) is 13.5. The highest BCUT2D eigenvalue weighted by molar-refractivity contribution is 6.29. The summed E-state index contributed by atoms with van der Waals surface area (Å²) in [4.78, 5) is 8.99. The molecule has 6 nitrogen and oxygen atoms in total. The molecule has 1 aliphatic rings. The Kier molecular flexibility index (Phi) is 6.17. The van der Waals surface area contributed by atoms with Crippen molar-refractivity contribution in [3.05, 3.63) is 23.3 Å². The Morgan fingerprint density at radius 2 is 2.05 bits per heavy atom. The van der Waals surface area contributed by atoms with Crippen molar-refractivity contribution >= 4 is 11.6 Å². The Labute approximate surface area is 130 Å². The predicted molar refractivity (Wildman–Crippen MR) is 81.0 cm³/mol. The Morgan fingerprint density at radius 1 is 1.38 bits per heavy atom. The topological polar surface area (TPSA) is 54.6 Å². The third-order valence-electron chi connectivity index (χ3n) is 3.48. The minimum absolute atomic E-state index is 0.126. The fraction of sp³-hybridized carbons (Fsp3) is 0.714. The van der Waals surface area contributed by atoms with Gasteiger partial charge in [0.1, 0.15) is 6.10 Å². The minimum atomic E-state index is -0.126. The van der Waals surface area contributed by atoms with Crippen LogP contribution in [0.15, 0.2) is 16.1 Å². The minimum Gasteiger partial charge on any atom is -0.371 e. The molecule has 0 saturated carbocycles. The molecule has 0 amide bonds. The van der Waals surface area contributed by atoms with Crippen LogP contribution in [0.25, 0.3) is 0 Å². The van der Waals surface area contributed by atoms with Gasteiger partial charge in [0.2, 0.25) is 5.89 Å². The highest BCUT2D eigenvalue weighted by Gasteiger charge is 2.20. The summed E-state index contributed by atoms with van der Waals surface area (Å²) in [7, 11) is 0. The molecule has 1 unspecified atom stereocenters. The maximum Gasteiger partial charge on any atom is 0.240 e. The second-order valence-electron chi connectivity index (χ2n) is 5.21. The summed E-state index contributed by atoms with van der Waals surface area (Å²) >= 11 is 5.84. The number of hydrogen-bond donors (Lipinski definition) is 0. The molecule has 1 fully saturated rings. The smallest absolute Gasteiger partial charge is 0.240 e. The fourth-order valence-electron chi connectivity index (χ4n) is 2.36. The van der Waals surface area contributed by atoms with Crippen LogP contribution in [0.3, 0.4) is 0 Å². The van der Waals surface area contributed by atoms with E-state index in [4.69, 9.17) is 20.9 Å². The third-order valence-corrected chi connectivity index (χ3v) is 3.60. The van der Waals surface area contributed by atoms with Crippen LogP contribution in [-0.2, 0) is 11.3 Å². The summed E-state index contributed by atoms with van der Waals surface area (Å²) in [6.07, 6.45) is -0.126. The summed E-state index contributed by atoms with van der Waals surface area (Å²) in [5.41, 5.74) is 0. The number of aromatic nitrogens is 2. The average molecular weight is 315 g/mol. The third kappa shape index (κ3) is 5.07. The van der Waals surface area contributed by atoms with Gasteiger partial charge in [-0.05, 0) is 13.8 Å². The van der Waals surface area contributed by atoms with Crippen molar-refractivity contribution in [3.63, 3.8) is 0 Å². The predicted octanol–water partition coefficient (Wildman–Crippen LogP) is 2.04. The van der Waals surface area contributed by atoms with E-state index in [1.165, 1.54) is 0 Å². The fourth-order valence-corrected chi connectivity index (χ4v) is 2.53. The molecule has 1 aromatic heterocycles. The lowest BCUT2D eigenvalue weighted by Crippen LogP contribution is -2.46. The van der Waals surface area contributed by atoms with Gasteiger partial charge in [-0.15, -0.1) is 0 Å². The molecule has 2 rings (SSSR count). The lowest BCUT2D eigenvalue weighted by atomic mass is 10.3. The monoisotopic (exact) mass is 314 g/mol. The van der Waals surface area contributed by atoms with Crippen molar-refractivity contribution in [3.8, 4) is 0 Å². The van der Waals surface area contributed by atoms with E-state index in [9.17, 15) is 0 Å². The Hall–Kier alpha value is -0.950. The Balaban J connectivity index is 1.79. The van der Waals surface area contributed by atoms with E-state index in [1.807, 2.05) is 13.8 Å². The second-order valence-corrected chi connectivity index (χ2v) is 5.75. The lowest BCUT2D eigenvalue weighted by molar-refractivity contribution is 0.0683. The normalized spacial score (nSPS) is 18.8. The molecule has 0 bridgehead atoms. The Bertz CT molecular complexity index is 458. The van der Waals surface area contributed by atoms with Crippen LogP contribution in [0.4, 0.5) is 0 Å². The van der Waals surface area contributed by atoms with Crippen LogP contribution in [0, 0.1) is 0 Å². The van der Waals surface area contributed by atoms with Gasteiger partial charge in [0.25, 0.3) is 0 Å². The van der Waals surface area contributed by atoms with E-state index < -0.39 is 0 Å². The van der Waals surface area contributed by atoms with Crippen LogP contribution >= 0.6 is 11.6 Å². The molecule has 1 saturated heterocycles. The largest absolute Gasteiger partial charge is 0.371 e. The van der Waals surface area contributed by atoms with E-state index in [2.05, 4.69) is 26.5 Å². The van der Waals surface area contributed by atoms with Crippen LogP contribution in [-0.4, -0.2) is 59.3 Å². The lowest BCUT2D eigenvalue weighted by Gasteiger charge is -2.33. The molecule has 2 heterocycles. The van der Waals surface area contributed by atoms with Crippen molar-refractivity contribution in [2.24, 2.45) is 0 Å². The maximum atomic E-state index is 5.84. The van der Waals surface area contributed by atoms with Crippen molar-refractivity contribution in [2.45, 2.75) is 26.5 Å². The van der Waals surface area contributed by atoms with Crippen LogP contribution in [0.2, 0.25) is 0 Å². The van der Waals surface area contributed by atoms with Crippen molar-refractivity contribution in [1.82, 2.24) is 19.9 Å². The van der Waals surface area contributed by atoms with Gasteiger partial charge in [-0.1, -0.05) is 23.3 Å². The number of ether oxygens (including phenoxy) is 1. The first kappa shape index (κ1) is 16.4. The molecule has 1 atom stereocenters. The average Bonchev–Trinajstić information content (AvgIpc) is 2.89. The summed E-state index contributed by atoms with van der Waals surface area (Å²) in [6.45, 7) is 13.6. The second kappa shape index (κ2) is 7.89. The quantitative estimate of drug-likeness (QED) is 0.767. The molecule has 0 radical (unpaired) electrons. The highest BCUT2D eigenvalue weighted by atomic mass is 35.5. The van der Waals surface area contributed by atoms with Gasteiger partial charge in [0, 0.05) is 44.4 Å². The van der Waals surface area contributed by atoms with Crippen LogP contribution < -0.4 is 0 Å². The van der Waals surface area contributed by atoms with Gasteiger partial charge in [-0.3, -0.25) is 9.80 Å². The van der Waals surface area contributed by atoms with Crippen molar-refractivity contribution in [2.75, 3.05) is 39.3 Å². The number of rotatable bonds is 7. The molecule has 1 aromatic rings. The van der Waals surface area contributed by atoms with Crippen LogP contribution in [0.1, 0.15) is 31.7 Å². The first-order valence-electron chi connectivity index (χ1n) is 7.30. The molecule has 0 N–H and O–H groups in total. The molecular weight excluding hydrogens is 292 g/mol. The zero-order chi connectivity index (χ0) is 15.2. The summed E-state index contributed by atoms with van der Waals surface area (Å²) < 4.78 is 10.8. The molecule has 1 aliphatic heterocycles. The van der Waals surface area contributed by atoms with Gasteiger partial charge < -0.3 is 9.26 Å². The van der Waals surface area contributed by atoms with Crippen molar-refractivity contribution < 1.29 is 9.26 Å². The maximum absolute atomic E-state index is 5.84.